The fourth-order valence-electron chi connectivity index (χ4n) is 1.70. The summed E-state index contributed by atoms with van der Waals surface area (Å²) in [6, 6.07) is 5.81. The number of nitrogens with one attached hydrogen (secondary N) is 1. The van der Waals surface area contributed by atoms with Gasteiger partial charge in [-0.2, -0.15) is 4.98 Å². The van der Waals surface area contributed by atoms with E-state index in [4.69, 9.17) is 15.3 Å². The van der Waals surface area contributed by atoms with E-state index in [0.717, 1.165) is 0 Å². The van der Waals surface area contributed by atoms with Gasteiger partial charge in [-0.25, -0.2) is 15.2 Å². The van der Waals surface area contributed by atoms with Crippen molar-refractivity contribution in [1.82, 2.24) is 9.97 Å². The van der Waals surface area contributed by atoms with E-state index in [1.54, 1.807) is 19.1 Å². The number of hydrogen-bond donors (Lipinski definition) is 2. The predicted molar refractivity (Wildman–Crippen MR) is 76.4 cm³/mol. The van der Waals surface area contributed by atoms with Crippen LogP contribution in [0.15, 0.2) is 24.3 Å². The lowest BCUT2D eigenvalue weighted by atomic mass is 10.2. The van der Waals surface area contributed by atoms with Crippen molar-refractivity contribution < 1.29 is 13.9 Å². The standard InChI is InChI=1S/C14H17FN4O2/c1-3-20-8-13-17-12(19-16)7-14(18-13)21-11-5-4-10(15)6-9(11)2/h4-7H,3,8,16H2,1-2H3,(H,17,18,19). The molecule has 0 aliphatic carbocycles. The number of nitrogens with zero attached hydrogens (tertiary/aromatic N) is 2. The number of nitrogen functional groups attached to an aromatic ring is 1. The second kappa shape index (κ2) is 6.96. The van der Waals surface area contributed by atoms with Gasteiger partial charge in [0.15, 0.2) is 5.82 Å². The molecule has 0 spiro atoms. The summed E-state index contributed by atoms with van der Waals surface area (Å²) in [5, 5.41) is 0. The topological polar surface area (TPSA) is 82.3 Å². The van der Waals surface area contributed by atoms with Crippen LogP contribution in [0.4, 0.5) is 10.2 Å². The molecule has 6 nitrogen and oxygen atoms in total. The van der Waals surface area contributed by atoms with Crippen LogP contribution in [0.2, 0.25) is 0 Å². The molecule has 0 bridgehead atoms. The molecule has 0 saturated carbocycles. The summed E-state index contributed by atoms with van der Waals surface area (Å²) >= 11 is 0. The summed E-state index contributed by atoms with van der Waals surface area (Å²) in [6.07, 6.45) is 0. The third-order valence-corrected chi connectivity index (χ3v) is 2.68. The van der Waals surface area contributed by atoms with Crippen LogP contribution in [0.3, 0.4) is 0 Å². The number of ether oxygens (including phenoxy) is 2. The number of rotatable bonds is 6. The molecule has 21 heavy (non-hydrogen) atoms. The first kappa shape index (κ1) is 15.1. The lowest BCUT2D eigenvalue weighted by Crippen LogP contribution is -2.11. The Morgan fingerprint density at radius 3 is 2.76 bits per heavy atom. The molecule has 0 radical (unpaired) electrons. The summed E-state index contributed by atoms with van der Waals surface area (Å²) in [5.74, 6) is 6.74. The van der Waals surface area contributed by atoms with Crippen molar-refractivity contribution in [2.45, 2.75) is 20.5 Å². The van der Waals surface area contributed by atoms with E-state index in [1.807, 2.05) is 6.92 Å². The van der Waals surface area contributed by atoms with E-state index in [-0.39, 0.29) is 12.4 Å². The van der Waals surface area contributed by atoms with E-state index >= 15 is 0 Å². The molecule has 0 fully saturated rings. The highest BCUT2D eigenvalue weighted by Gasteiger charge is 2.08. The predicted octanol–water partition coefficient (Wildman–Crippen LogP) is 2.54. The minimum atomic E-state index is -0.316. The van der Waals surface area contributed by atoms with Gasteiger partial charge in [0.2, 0.25) is 5.88 Å². The molecule has 3 N–H and O–H groups in total. The number of aromatic nitrogens is 2. The largest absolute Gasteiger partial charge is 0.439 e. The highest BCUT2D eigenvalue weighted by atomic mass is 19.1. The highest BCUT2D eigenvalue weighted by molar-refractivity contribution is 5.40. The van der Waals surface area contributed by atoms with Gasteiger partial charge in [0.25, 0.3) is 0 Å². The number of nitrogens with two attached hydrogens (primary N) is 1. The van der Waals surface area contributed by atoms with E-state index < -0.39 is 0 Å². The molecule has 0 saturated heterocycles. The van der Waals surface area contributed by atoms with Crippen LogP contribution in [0.5, 0.6) is 11.6 Å². The molecule has 1 aromatic carbocycles. The van der Waals surface area contributed by atoms with Crippen LogP contribution in [-0.4, -0.2) is 16.6 Å². The van der Waals surface area contributed by atoms with Crippen LogP contribution in [0, 0.1) is 12.7 Å². The lowest BCUT2D eigenvalue weighted by molar-refractivity contribution is 0.128. The van der Waals surface area contributed by atoms with Crippen molar-refractivity contribution in [3.05, 3.63) is 41.5 Å². The second-order valence-corrected chi connectivity index (χ2v) is 4.30. The first-order chi connectivity index (χ1) is 10.1. The fourth-order valence-corrected chi connectivity index (χ4v) is 1.70. The molecule has 0 aliphatic rings. The van der Waals surface area contributed by atoms with Gasteiger partial charge in [0.1, 0.15) is 24.0 Å². The lowest BCUT2D eigenvalue weighted by Gasteiger charge is -2.10. The van der Waals surface area contributed by atoms with Gasteiger partial charge in [0.05, 0.1) is 0 Å². The molecule has 0 atom stereocenters. The summed E-state index contributed by atoms with van der Waals surface area (Å²) in [5.41, 5.74) is 3.12. The zero-order valence-corrected chi connectivity index (χ0v) is 11.9. The van der Waals surface area contributed by atoms with Gasteiger partial charge in [0, 0.05) is 12.7 Å². The molecule has 0 aliphatic heterocycles. The second-order valence-electron chi connectivity index (χ2n) is 4.30. The maximum Gasteiger partial charge on any atom is 0.224 e. The molecule has 1 heterocycles. The zero-order valence-electron chi connectivity index (χ0n) is 11.9. The molecular weight excluding hydrogens is 275 g/mol. The third kappa shape index (κ3) is 4.11. The Balaban J connectivity index is 2.25. The van der Waals surface area contributed by atoms with Crippen LogP contribution >= 0.6 is 0 Å². The van der Waals surface area contributed by atoms with Crippen LogP contribution in [0.25, 0.3) is 0 Å². The Morgan fingerprint density at radius 2 is 2.10 bits per heavy atom. The first-order valence-electron chi connectivity index (χ1n) is 6.48. The number of hydrogen-bond acceptors (Lipinski definition) is 6. The van der Waals surface area contributed by atoms with Gasteiger partial charge in [-0.15, -0.1) is 0 Å². The monoisotopic (exact) mass is 292 g/mol. The summed E-state index contributed by atoms with van der Waals surface area (Å²) < 4.78 is 24.0. The quantitative estimate of drug-likeness (QED) is 0.629. The number of aryl methyl sites for hydroxylation is 1. The Labute approximate surface area is 122 Å². The smallest absolute Gasteiger partial charge is 0.224 e. The molecule has 7 heteroatoms. The van der Waals surface area contributed by atoms with Crippen LogP contribution in [0.1, 0.15) is 18.3 Å². The third-order valence-electron chi connectivity index (χ3n) is 2.68. The van der Waals surface area contributed by atoms with E-state index in [2.05, 4.69) is 15.4 Å². The van der Waals surface area contributed by atoms with Gasteiger partial charge in [-0.05, 0) is 37.6 Å². The van der Waals surface area contributed by atoms with Crippen molar-refractivity contribution in [3.63, 3.8) is 0 Å². The Kier molecular flexibility index (Phi) is 5.02. The van der Waals surface area contributed by atoms with Gasteiger partial charge >= 0.3 is 0 Å². The maximum atomic E-state index is 13.1. The minimum absolute atomic E-state index is 0.255. The van der Waals surface area contributed by atoms with Gasteiger partial charge < -0.3 is 14.9 Å². The SMILES string of the molecule is CCOCc1nc(NN)cc(Oc2ccc(F)cc2C)n1. The minimum Gasteiger partial charge on any atom is -0.439 e. The average molecular weight is 292 g/mol. The number of benzene rings is 1. The number of halogens is 1. The number of anilines is 1. The molecule has 112 valence electrons. The molecule has 2 aromatic rings. The Bertz CT molecular complexity index is 622. The molecule has 0 unspecified atom stereocenters. The molecule has 2 rings (SSSR count). The van der Waals surface area contributed by atoms with E-state index in [9.17, 15) is 4.39 Å². The normalized spacial score (nSPS) is 10.5. The first-order valence-corrected chi connectivity index (χ1v) is 6.48. The fraction of sp³-hybridized carbons (Fsp3) is 0.286. The summed E-state index contributed by atoms with van der Waals surface area (Å²) in [4.78, 5) is 8.39. The highest BCUT2D eigenvalue weighted by Crippen LogP contribution is 2.25. The van der Waals surface area contributed by atoms with E-state index in [0.29, 0.717) is 35.4 Å². The van der Waals surface area contributed by atoms with Crippen LogP contribution < -0.4 is 16.0 Å². The summed E-state index contributed by atoms with van der Waals surface area (Å²) in [7, 11) is 0. The van der Waals surface area contributed by atoms with E-state index in [1.165, 1.54) is 12.1 Å². The van der Waals surface area contributed by atoms with Crippen molar-refractivity contribution in [2.24, 2.45) is 5.84 Å². The van der Waals surface area contributed by atoms with Gasteiger partial charge in [-0.1, -0.05) is 0 Å². The van der Waals surface area contributed by atoms with Crippen molar-refractivity contribution in [3.8, 4) is 11.6 Å². The average Bonchev–Trinajstić information content (AvgIpc) is 2.48. The zero-order chi connectivity index (χ0) is 15.2. The van der Waals surface area contributed by atoms with Crippen molar-refractivity contribution >= 4 is 5.82 Å². The summed E-state index contributed by atoms with van der Waals surface area (Å²) in [6.45, 7) is 4.44. The Morgan fingerprint density at radius 1 is 1.29 bits per heavy atom. The molecule has 0 amide bonds. The van der Waals surface area contributed by atoms with Crippen molar-refractivity contribution in [2.75, 3.05) is 12.0 Å². The molecular formula is C14H17FN4O2. The van der Waals surface area contributed by atoms with Gasteiger partial charge in [-0.3, -0.25) is 0 Å². The Hall–Kier alpha value is -2.25. The molecule has 1 aromatic heterocycles. The van der Waals surface area contributed by atoms with Crippen molar-refractivity contribution in [1.29, 1.82) is 0 Å². The maximum absolute atomic E-state index is 13.1. The number of hydrazine groups is 1. The van der Waals surface area contributed by atoms with Crippen LogP contribution in [-0.2, 0) is 11.3 Å².